The van der Waals surface area contributed by atoms with Gasteiger partial charge in [0.1, 0.15) is 0 Å². The number of hydrogen-bond donors (Lipinski definition) is 0. The lowest BCUT2D eigenvalue weighted by molar-refractivity contribution is -0.873. The van der Waals surface area contributed by atoms with Gasteiger partial charge in [0.25, 0.3) is 0 Å². The zero-order valence-corrected chi connectivity index (χ0v) is 7.15. The van der Waals surface area contributed by atoms with Crippen molar-refractivity contribution < 1.29 is 4.48 Å². The van der Waals surface area contributed by atoms with Crippen molar-refractivity contribution in [2.24, 2.45) is 0 Å². The van der Waals surface area contributed by atoms with Crippen molar-refractivity contribution in [2.45, 2.75) is 6.92 Å². The molecule has 0 bridgehead atoms. The van der Waals surface area contributed by atoms with Crippen molar-refractivity contribution >= 4 is 11.6 Å². The summed E-state index contributed by atoms with van der Waals surface area (Å²) >= 11 is 5.67. The normalized spacial score (nSPS) is 12.9. The first kappa shape index (κ1) is 8.99. The molecule has 0 N–H and O–H groups in total. The number of halogens is 1. The third-order valence-electron chi connectivity index (χ3n) is 1.16. The molecule has 0 heterocycles. The molecule has 0 spiro atoms. The zero-order chi connectivity index (χ0) is 7.33. The number of alkyl halides is 1. The number of quaternary nitrogens is 1. The van der Waals surface area contributed by atoms with Crippen LogP contribution in [0.4, 0.5) is 0 Å². The highest BCUT2D eigenvalue weighted by Gasteiger charge is 2.08. The van der Waals surface area contributed by atoms with Crippen LogP contribution in [0.25, 0.3) is 0 Å². The van der Waals surface area contributed by atoms with Gasteiger partial charge >= 0.3 is 0 Å². The Balaban J connectivity index is 3.58. The summed E-state index contributed by atoms with van der Waals surface area (Å²) in [5.41, 5.74) is 0. The zero-order valence-electron chi connectivity index (χ0n) is 6.39. The summed E-state index contributed by atoms with van der Waals surface area (Å²) in [5.74, 6) is 0. The minimum Gasteiger partial charge on any atom is -0.313 e. The van der Waals surface area contributed by atoms with E-state index in [0.717, 1.165) is 11.0 Å². The molecule has 0 aliphatic carbocycles. The average molecular weight is 149 g/mol. The van der Waals surface area contributed by atoms with E-state index in [1.807, 2.05) is 13.0 Å². The monoisotopic (exact) mass is 148 g/mol. The molecule has 2 heteroatoms. The Kier molecular flexibility index (Phi) is 3.91. The van der Waals surface area contributed by atoms with Gasteiger partial charge < -0.3 is 4.48 Å². The minimum atomic E-state index is 0.671. The van der Waals surface area contributed by atoms with Crippen LogP contribution in [0.15, 0.2) is 12.2 Å². The molecule has 0 saturated heterocycles. The number of likely N-dealkylation sites (N-methyl/N-ethyl adjacent to an activating group) is 1. The summed E-state index contributed by atoms with van der Waals surface area (Å²) in [7, 11) is 4.21. The van der Waals surface area contributed by atoms with Crippen LogP contribution in [0.5, 0.6) is 0 Å². The summed E-state index contributed by atoms with van der Waals surface area (Å²) in [6, 6.07) is 0.671. The van der Waals surface area contributed by atoms with E-state index >= 15 is 0 Å². The van der Waals surface area contributed by atoms with Crippen molar-refractivity contribution in [3.05, 3.63) is 12.2 Å². The summed E-state index contributed by atoms with van der Waals surface area (Å²) in [6.45, 7) is 3.04. The molecule has 0 amide bonds. The van der Waals surface area contributed by atoms with Crippen molar-refractivity contribution in [2.75, 3.05) is 26.6 Å². The smallest absolute Gasteiger partial charge is 0.154 e. The fourth-order valence-corrected chi connectivity index (χ4v) is 0.537. The Labute approximate surface area is 62.5 Å². The highest BCUT2D eigenvalue weighted by molar-refractivity contribution is 6.16. The molecule has 0 rings (SSSR count). The van der Waals surface area contributed by atoms with Gasteiger partial charge in [0, 0.05) is 0 Å². The van der Waals surface area contributed by atoms with Gasteiger partial charge in [0.15, 0.2) is 6.00 Å². The molecule has 54 valence electrons. The highest BCUT2D eigenvalue weighted by atomic mass is 35.5. The van der Waals surface area contributed by atoms with Crippen LogP contribution < -0.4 is 0 Å². The lowest BCUT2D eigenvalue weighted by Gasteiger charge is -2.24. The van der Waals surface area contributed by atoms with Gasteiger partial charge in [-0.25, -0.2) is 0 Å². The van der Waals surface area contributed by atoms with Crippen LogP contribution in [0.2, 0.25) is 0 Å². The lowest BCUT2D eigenvalue weighted by atomic mass is 10.4. The summed E-state index contributed by atoms with van der Waals surface area (Å²) in [5, 5.41) is 0. The molecule has 9 heavy (non-hydrogen) atoms. The standard InChI is InChI=1S/C7H15ClN/c1-4-5-6-9(2,3)7-8/h4-5H,6-7H2,1-3H3/q+1. The number of hydrogen-bond acceptors (Lipinski definition) is 0. The largest absolute Gasteiger partial charge is 0.313 e. The highest BCUT2D eigenvalue weighted by Crippen LogP contribution is 1.98. The molecular weight excluding hydrogens is 134 g/mol. The van der Waals surface area contributed by atoms with Gasteiger partial charge in [-0.1, -0.05) is 17.7 Å². The van der Waals surface area contributed by atoms with Crippen molar-refractivity contribution in [1.29, 1.82) is 0 Å². The maximum atomic E-state index is 5.67. The molecule has 0 radical (unpaired) electrons. The fraction of sp³-hybridized carbons (Fsp3) is 0.714. The van der Waals surface area contributed by atoms with Gasteiger partial charge in [0.05, 0.1) is 20.6 Å². The van der Waals surface area contributed by atoms with Crippen LogP contribution in [0.1, 0.15) is 6.92 Å². The topological polar surface area (TPSA) is 0 Å². The second-order valence-corrected chi connectivity index (χ2v) is 3.05. The van der Waals surface area contributed by atoms with Gasteiger partial charge in [-0.3, -0.25) is 0 Å². The van der Waals surface area contributed by atoms with E-state index in [0.29, 0.717) is 6.00 Å². The Morgan fingerprint density at radius 2 is 2.00 bits per heavy atom. The van der Waals surface area contributed by atoms with E-state index in [2.05, 4.69) is 20.2 Å². The lowest BCUT2D eigenvalue weighted by Crippen LogP contribution is -2.38. The third kappa shape index (κ3) is 4.49. The SMILES string of the molecule is CC=CC[N+](C)(C)CCl. The molecule has 0 aliphatic heterocycles. The molecule has 0 aromatic heterocycles. The molecule has 0 saturated carbocycles. The first-order valence-electron chi connectivity index (χ1n) is 3.11. The first-order valence-corrected chi connectivity index (χ1v) is 3.65. The molecular formula is C7H15ClN+. The Morgan fingerprint density at radius 3 is 2.33 bits per heavy atom. The summed E-state index contributed by atoms with van der Waals surface area (Å²) in [4.78, 5) is 0. The summed E-state index contributed by atoms with van der Waals surface area (Å²) in [6.07, 6.45) is 4.18. The molecule has 0 unspecified atom stereocenters. The Morgan fingerprint density at radius 1 is 1.44 bits per heavy atom. The average Bonchev–Trinajstić information content (AvgIpc) is 1.84. The number of rotatable bonds is 3. The molecule has 0 aliphatic rings. The maximum Gasteiger partial charge on any atom is 0.154 e. The molecule has 0 atom stereocenters. The Hall–Kier alpha value is -0.0100. The van der Waals surface area contributed by atoms with E-state index in [1.165, 1.54) is 0 Å². The van der Waals surface area contributed by atoms with Crippen LogP contribution in [0.3, 0.4) is 0 Å². The number of allylic oxidation sites excluding steroid dienone is 1. The van der Waals surface area contributed by atoms with Crippen LogP contribution >= 0.6 is 11.6 Å². The van der Waals surface area contributed by atoms with Crippen molar-refractivity contribution in [1.82, 2.24) is 0 Å². The van der Waals surface area contributed by atoms with Crippen molar-refractivity contribution in [3.8, 4) is 0 Å². The molecule has 1 nitrogen and oxygen atoms in total. The fourth-order valence-electron chi connectivity index (χ4n) is 0.440. The Bertz CT molecular complexity index is 97.1. The van der Waals surface area contributed by atoms with Crippen molar-refractivity contribution in [3.63, 3.8) is 0 Å². The second-order valence-electron chi connectivity index (χ2n) is 2.81. The summed E-state index contributed by atoms with van der Waals surface area (Å²) < 4.78 is 0.853. The van der Waals surface area contributed by atoms with Gasteiger partial charge in [-0.05, 0) is 13.0 Å². The second kappa shape index (κ2) is 3.91. The maximum absolute atomic E-state index is 5.67. The third-order valence-corrected chi connectivity index (χ3v) is 1.81. The van der Waals surface area contributed by atoms with E-state index in [-0.39, 0.29) is 0 Å². The quantitative estimate of drug-likeness (QED) is 0.248. The molecule has 0 fully saturated rings. The molecule has 0 aromatic carbocycles. The predicted molar refractivity (Wildman–Crippen MR) is 42.5 cm³/mol. The first-order chi connectivity index (χ1) is 4.12. The number of nitrogens with zero attached hydrogens (tertiary/aromatic N) is 1. The van der Waals surface area contributed by atoms with Crippen LogP contribution in [-0.4, -0.2) is 31.1 Å². The van der Waals surface area contributed by atoms with Gasteiger partial charge in [-0.2, -0.15) is 0 Å². The van der Waals surface area contributed by atoms with E-state index in [1.54, 1.807) is 0 Å². The van der Waals surface area contributed by atoms with E-state index in [4.69, 9.17) is 11.6 Å². The van der Waals surface area contributed by atoms with Crippen LogP contribution in [0, 0.1) is 0 Å². The van der Waals surface area contributed by atoms with E-state index < -0.39 is 0 Å². The molecule has 0 aromatic rings. The van der Waals surface area contributed by atoms with Crippen LogP contribution in [-0.2, 0) is 0 Å². The predicted octanol–water partition coefficient (Wildman–Crippen LogP) is 1.84. The van der Waals surface area contributed by atoms with Gasteiger partial charge in [0.2, 0.25) is 0 Å². The minimum absolute atomic E-state index is 0.671. The van der Waals surface area contributed by atoms with Gasteiger partial charge in [-0.15, -0.1) is 0 Å². The van der Waals surface area contributed by atoms with E-state index in [9.17, 15) is 0 Å².